The molecule has 0 saturated heterocycles. The summed E-state index contributed by atoms with van der Waals surface area (Å²) in [4.78, 5) is 26.3. The minimum absolute atomic E-state index is 0.275. The molecule has 0 fully saturated rings. The van der Waals surface area contributed by atoms with Crippen molar-refractivity contribution in [3.63, 3.8) is 0 Å². The first kappa shape index (κ1) is 19.4. The van der Waals surface area contributed by atoms with E-state index in [1.165, 1.54) is 11.3 Å². The summed E-state index contributed by atoms with van der Waals surface area (Å²) in [5, 5.41) is 3.46. The van der Waals surface area contributed by atoms with Crippen molar-refractivity contribution in [1.82, 2.24) is 0 Å². The number of rotatable bonds is 6. The zero-order valence-electron chi connectivity index (χ0n) is 16.2. The molecule has 3 rings (SSSR count). The van der Waals surface area contributed by atoms with Gasteiger partial charge in [0.15, 0.2) is 6.10 Å². The summed E-state index contributed by atoms with van der Waals surface area (Å²) < 4.78 is 11.1. The van der Waals surface area contributed by atoms with Crippen molar-refractivity contribution in [1.29, 1.82) is 0 Å². The van der Waals surface area contributed by atoms with E-state index < -0.39 is 6.10 Å². The standard InChI is InChI=1S/C21H25NO4S/c1-5-25-21(24)17-15-10-7-11-16(15)27-20(17)22-19(23)14(4)26-18-12(2)8-6-9-13(18)3/h6,8-9,14H,5,7,10-11H2,1-4H3,(H,22,23)/t14-/m1/s1. The molecule has 5 nitrogen and oxygen atoms in total. The number of benzene rings is 1. The fourth-order valence-corrected chi connectivity index (χ4v) is 4.62. The summed E-state index contributed by atoms with van der Waals surface area (Å²) >= 11 is 1.47. The minimum Gasteiger partial charge on any atom is -0.480 e. The van der Waals surface area contributed by atoms with Gasteiger partial charge in [-0.1, -0.05) is 18.2 Å². The van der Waals surface area contributed by atoms with Crippen molar-refractivity contribution in [2.75, 3.05) is 11.9 Å². The first-order chi connectivity index (χ1) is 12.9. The van der Waals surface area contributed by atoms with Crippen molar-refractivity contribution in [3.05, 3.63) is 45.3 Å². The smallest absolute Gasteiger partial charge is 0.341 e. The average Bonchev–Trinajstić information content (AvgIpc) is 3.18. The summed E-state index contributed by atoms with van der Waals surface area (Å²) in [6, 6.07) is 5.87. The molecule has 27 heavy (non-hydrogen) atoms. The summed E-state index contributed by atoms with van der Waals surface area (Å²) in [5.74, 6) is 0.0816. The Morgan fingerprint density at radius 2 is 1.93 bits per heavy atom. The van der Waals surface area contributed by atoms with Gasteiger partial charge in [0.2, 0.25) is 0 Å². The molecule has 0 aliphatic heterocycles. The molecule has 0 spiro atoms. The number of carbonyl (C=O) groups is 2. The van der Waals surface area contributed by atoms with Crippen LogP contribution in [-0.4, -0.2) is 24.6 Å². The van der Waals surface area contributed by atoms with Crippen LogP contribution in [0.25, 0.3) is 0 Å². The predicted octanol–water partition coefficient (Wildman–Crippen LogP) is 4.44. The third-order valence-corrected chi connectivity index (χ3v) is 5.92. The van der Waals surface area contributed by atoms with Gasteiger partial charge >= 0.3 is 5.97 Å². The molecule has 1 N–H and O–H groups in total. The van der Waals surface area contributed by atoms with E-state index in [0.717, 1.165) is 46.6 Å². The van der Waals surface area contributed by atoms with Crippen LogP contribution in [0.4, 0.5) is 5.00 Å². The first-order valence-electron chi connectivity index (χ1n) is 9.27. The molecular formula is C21H25NO4S. The number of anilines is 1. The Morgan fingerprint density at radius 3 is 2.59 bits per heavy atom. The largest absolute Gasteiger partial charge is 0.480 e. The number of carbonyl (C=O) groups excluding carboxylic acids is 2. The van der Waals surface area contributed by atoms with Crippen molar-refractivity contribution in [2.45, 2.75) is 53.1 Å². The van der Waals surface area contributed by atoms with Crippen LogP contribution in [0, 0.1) is 13.8 Å². The van der Waals surface area contributed by atoms with Crippen LogP contribution in [0.5, 0.6) is 5.75 Å². The van der Waals surface area contributed by atoms with Gasteiger partial charge in [-0.25, -0.2) is 4.79 Å². The Kier molecular flexibility index (Phi) is 5.85. The molecular weight excluding hydrogens is 362 g/mol. The van der Waals surface area contributed by atoms with Crippen LogP contribution in [0.1, 0.15) is 52.2 Å². The quantitative estimate of drug-likeness (QED) is 0.745. The van der Waals surface area contributed by atoms with Gasteiger partial charge in [-0.2, -0.15) is 0 Å². The first-order valence-corrected chi connectivity index (χ1v) is 10.1. The molecule has 1 aromatic heterocycles. The van der Waals surface area contributed by atoms with Gasteiger partial charge in [-0.05, 0) is 63.6 Å². The zero-order valence-corrected chi connectivity index (χ0v) is 17.0. The molecule has 2 aromatic rings. The number of ether oxygens (including phenoxy) is 2. The van der Waals surface area contributed by atoms with Crippen LogP contribution in [0.2, 0.25) is 0 Å². The van der Waals surface area contributed by atoms with Crippen LogP contribution in [0.15, 0.2) is 18.2 Å². The van der Waals surface area contributed by atoms with E-state index in [4.69, 9.17) is 9.47 Å². The number of nitrogens with one attached hydrogen (secondary N) is 1. The van der Waals surface area contributed by atoms with E-state index >= 15 is 0 Å². The predicted molar refractivity (Wildman–Crippen MR) is 107 cm³/mol. The second-order valence-electron chi connectivity index (χ2n) is 6.75. The number of fused-ring (bicyclic) bond motifs is 1. The van der Waals surface area contributed by atoms with E-state index in [1.807, 2.05) is 32.0 Å². The summed E-state index contributed by atoms with van der Waals surface area (Å²) in [7, 11) is 0. The molecule has 1 heterocycles. The van der Waals surface area contributed by atoms with Gasteiger partial charge in [0.25, 0.3) is 5.91 Å². The molecule has 6 heteroatoms. The highest BCUT2D eigenvalue weighted by Crippen LogP contribution is 2.39. The van der Waals surface area contributed by atoms with E-state index in [2.05, 4.69) is 5.32 Å². The van der Waals surface area contributed by atoms with E-state index in [-0.39, 0.29) is 11.9 Å². The van der Waals surface area contributed by atoms with Crippen LogP contribution in [-0.2, 0) is 22.4 Å². The fraction of sp³-hybridized carbons (Fsp3) is 0.429. The number of thiophene rings is 1. The van der Waals surface area contributed by atoms with E-state index in [9.17, 15) is 9.59 Å². The molecule has 144 valence electrons. The second kappa shape index (κ2) is 8.13. The normalized spacial score (nSPS) is 13.8. The maximum absolute atomic E-state index is 12.7. The lowest BCUT2D eigenvalue weighted by Crippen LogP contribution is -2.31. The molecule has 1 aromatic carbocycles. The van der Waals surface area contributed by atoms with Gasteiger partial charge in [0.05, 0.1) is 12.2 Å². The number of para-hydroxylation sites is 1. The maximum atomic E-state index is 12.7. The summed E-state index contributed by atoms with van der Waals surface area (Å²) in [6.07, 6.45) is 2.14. The molecule has 1 amide bonds. The van der Waals surface area contributed by atoms with Crippen LogP contribution >= 0.6 is 11.3 Å². The Bertz CT molecular complexity index is 851. The van der Waals surface area contributed by atoms with E-state index in [0.29, 0.717) is 17.2 Å². The molecule has 1 aliphatic rings. The highest BCUT2D eigenvalue weighted by molar-refractivity contribution is 7.17. The van der Waals surface area contributed by atoms with Gasteiger partial charge in [0, 0.05) is 4.88 Å². The van der Waals surface area contributed by atoms with Gasteiger partial charge in [-0.15, -0.1) is 11.3 Å². The van der Waals surface area contributed by atoms with Crippen LogP contribution in [0.3, 0.4) is 0 Å². The SMILES string of the molecule is CCOC(=O)c1c(NC(=O)[C@@H](C)Oc2c(C)cccc2C)sc2c1CCC2. The zero-order chi connectivity index (χ0) is 19.6. The number of amides is 1. The Morgan fingerprint density at radius 1 is 1.22 bits per heavy atom. The molecule has 1 aliphatic carbocycles. The van der Waals surface area contributed by atoms with Crippen molar-refractivity contribution in [3.8, 4) is 5.75 Å². The Labute approximate surface area is 163 Å². The lowest BCUT2D eigenvalue weighted by atomic mass is 10.1. The maximum Gasteiger partial charge on any atom is 0.341 e. The Balaban J connectivity index is 1.79. The number of aryl methyl sites for hydroxylation is 3. The summed E-state index contributed by atoms with van der Waals surface area (Å²) in [6.45, 7) is 7.71. The van der Waals surface area contributed by atoms with Crippen molar-refractivity contribution in [2.24, 2.45) is 0 Å². The number of hydrogen-bond donors (Lipinski definition) is 1. The molecule has 0 bridgehead atoms. The molecule has 0 radical (unpaired) electrons. The topological polar surface area (TPSA) is 64.6 Å². The lowest BCUT2D eigenvalue weighted by molar-refractivity contribution is -0.122. The van der Waals surface area contributed by atoms with Crippen LogP contribution < -0.4 is 10.1 Å². The minimum atomic E-state index is -0.684. The van der Waals surface area contributed by atoms with Crippen molar-refractivity contribution >= 4 is 28.2 Å². The summed E-state index contributed by atoms with van der Waals surface area (Å²) in [5.41, 5.74) is 3.51. The van der Waals surface area contributed by atoms with E-state index in [1.54, 1.807) is 13.8 Å². The highest BCUT2D eigenvalue weighted by Gasteiger charge is 2.29. The molecule has 1 atom stereocenters. The molecule has 0 unspecified atom stereocenters. The lowest BCUT2D eigenvalue weighted by Gasteiger charge is -2.18. The third-order valence-electron chi connectivity index (χ3n) is 4.71. The Hall–Kier alpha value is -2.34. The third kappa shape index (κ3) is 4.00. The number of esters is 1. The van der Waals surface area contributed by atoms with Crippen molar-refractivity contribution < 1.29 is 19.1 Å². The number of hydrogen-bond acceptors (Lipinski definition) is 5. The second-order valence-corrected chi connectivity index (χ2v) is 7.86. The molecule has 0 saturated carbocycles. The monoisotopic (exact) mass is 387 g/mol. The highest BCUT2D eigenvalue weighted by atomic mass is 32.1. The van der Waals surface area contributed by atoms with Gasteiger partial charge in [-0.3, -0.25) is 4.79 Å². The fourth-order valence-electron chi connectivity index (χ4n) is 3.34. The van der Waals surface area contributed by atoms with Gasteiger partial charge < -0.3 is 14.8 Å². The van der Waals surface area contributed by atoms with Gasteiger partial charge in [0.1, 0.15) is 10.8 Å². The average molecular weight is 388 g/mol.